The number of unbranched alkanes of at least 4 members (excludes halogenated alkanes) is 13. The number of hydrogen-bond acceptors (Lipinski definition) is 17. The van der Waals surface area contributed by atoms with E-state index in [0.717, 1.165) is 68.4 Å². The zero-order valence-electron chi connectivity index (χ0n) is 55.4. The molecule has 4 aromatic rings. The summed E-state index contributed by atoms with van der Waals surface area (Å²) in [4.78, 5) is 98.2. The minimum atomic E-state index is -0.521. The predicted molar refractivity (Wildman–Crippen MR) is 354 cm³/mol. The first kappa shape index (κ1) is 74.5. The van der Waals surface area contributed by atoms with Gasteiger partial charge in [0.1, 0.15) is 23.0 Å². The second-order valence-corrected chi connectivity index (χ2v) is 24.9. The smallest absolute Gasteiger partial charge is 0.343 e. The van der Waals surface area contributed by atoms with Crippen molar-refractivity contribution in [2.24, 2.45) is 17.8 Å². The van der Waals surface area contributed by atoms with Crippen LogP contribution in [-0.4, -0.2) is 87.4 Å². The molecular formula is C76H102O17. The monoisotopic (exact) mass is 1290 g/mol. The van der Waals surface area contributed by atoms with Crippen LogP contribution in [0.25, 0.3) is 11.1 Å². The van der Waals surface area contributed by atoms with E-state index in [1.165, 1.54) is 63.9 Å². The third kappa shape index (κ3) is 30.8. The van der Waals surface area contributed by atoms with E-state index in [1.54, 1.807) is 48.5 Å². The van der Waals surface area contributed by atoms with E-state index in [4.69, 9.17) is 42.6 Å². The van der Waals surface area contributed by atoms with Gasteiger partial charge in [0.25, 0.3) is 0 Å². The third-order valence-corrected chi connectivity index (χ3v) is 17.3. The van der Waals surface area contributed by atoms with Crippen LogP contribution in [0.5, 0.6) is 23.0 Å². The molecule has 17 nitrogen and oxygen atoms in total. The Hall–Kier alpha value is -7.56. The van der Waals surface area contributed by atoms with Crippen molar-refractivity contribution in [3.63, 3.8) is 0 Å². The lowest BCUT2D eigenvalue weighted by atomic mass is 9.77. The maximum Gasteiger partial charge on any atom is 0.343 e. The van der Waals surface area contributed by atoms with Crippen molar-refractivity contribution in [2.45, 2.75) is 225 Å². The molecule has 2 fully saturated rings. The van der Waals surface area contributed by atoms with E-state index in [0.29, 0.717) is 170 Å². The highest BCUT2D eigenvalue weighted by Gasteiger charge is 2.32. The Morgan fingerprint density at radius 3 is 1.20 bits per heavy atom. The summed E-state index contributed by atoms with van der Waals surface area (Å²) < 4.78 is 48.9. The molecule has 93 heavy (non-hydrogen) atoms. The van der Waals surface area contributed by atoms with Crippen molar-refractivity contribution < 1.29 is 81.0 Å². The van der Waals surface area contributed by atoms with Gasteiger partial charge in [-0.15, -0.1) is 0 Å². The summed E-state index contributed by atoms with van der Waals surface area (Å²) in [5.41, 5.74) is 4.05. The van der Waals surface area contributed by atoms with Crippen molar-refractivity contribution in [1.82, 2.24) is 0 Å². The highest BCUT2D eigenvalue weighted by molar-refractivity contribution is 5.91. The van der Waals surface area contributed by atoms with Gasteiger partial charge >= 0.3 is 47.8 Å². The number of carbonyl (C=O) groups is 8. The van der Waals surface area contributed by atoms with Crippen LogP contribution in [0, 0.1) is 17.8 Å². The number of esters is 8. The molecule has 17 heteroatoms. The summed E-state index contributed by atoms with van der Waals surface area (Å²) in [6.07, 6.45) is 25.7. The zero-order chi connectivity index (χ0) is 66.1. The van der Waals surface area contributed by atoms with Gasteiger partial charge in [-0.25, -0.2) is 4.79 Å². The minimum Gasteiger partial charge on any atom is -0.494 e. The fourth-order valence-corrected chi connectivity index (χ4v) is 11.8. The summed E-state index contributed by atoms with van der Waals surface area (Å²) in [7, 11) is 0. The van der Waals surface area contributed by atoms with Crippen LogP contribution in [0.15, 0.2) is 97.1 Å². The fourth-order valence-electron chi connectivity index (χ4n) is 11.8. The minimum absolute atomic E-state index is 0.227. The van der Waals surface area contributed by atoms with Crippen molar-refractivity contribution in [1.29, 1.82) is 0 Å². The molecule has 0 N–H and O–H groups in total. The molecule has 0 radical (unpaired) electrons. The van der Waals surface area contributed by atoms with E-state index < -0.39 is 11.9 Å². The van der Waals surface area contributed by atoms with Crippen LogP contribution >= 0.6 is 0 Å². The Labute approximate surface area is 551 Å². The summed E-state index contributed by atoms with van der Waals surface area (Å²) >= 11 is 0. The molecule has 0 aromatic heterocycles. The predicted octanol–water partition coefficient (Wildman–Crippen LogP) is 16.7. The van der Waals surface area contributed by atoms with Gasteiger partial charge in [-0.3, -0.25) is 33.6 Å². The number of benzene rings is 4. The molecule has 0 unspecified atom stereocenters. The van der Waals surface area contributed by atoms with E-state index >= 15 is 0 Å². The van der Waals surface area contributed by atoms with Crippen LogP contribution in [-0.2, 0) is 57.2 Å². The van der Waals surface area contributed by atoms with Crippen LogP contribution < -0.4 is 18.9 Å². The first-order valence-electron chi connectivity index (χ1n) is 34.8. The topological polar surface area (TPSA) is 220 Å². The second-order valence-electron chi connectivity index (χ2n) is 24.9. The molecular weight excluding hydrogens is 1180 g/mol. The van der Waals surface area contributed by atoms with Gasteiger partial charge in [0.15, 0.2) is 0 Å². The molecule has 0 amide bonds. The molecule has 0 spiro atoms. The summed E-state index contributed by atoms with van der Waals surface area (Å²) in [5.74, 6) is 0.463. The van der Waals surface area contributed by atoms with Crippen LogP contribution in [0.3, 0.4) is 0 Å². The summed E-state index contributed by atoms with van der Waals surface area (Å²) in [6.45, 7) is 5.65. The first-order chi connectivity index (χ1) is 45.3. The summed E-state index contributed by atoms with van der Waals surface area (Å²) in [6, 6.07) is 29.6. The maximum absolute atomic E-state index is 13.1. The maximum atomic E-state index is 13.1. The van der Waals surface area contributed by atoms with Gasteiger partial charge in [0.05, 0.1) is 57.0 Å². The number of hydrogen-bond donors (Lipinski definition) is 0. The molecule has 0 saturated heterocycles. The normalized spacial score (nSPS) is 16.1. The van der Waals surface area contributed by atoms with Crippen molar-refractivity contribution >= 4 is 47.8 Å². The number of carbonyl (C=O) groups excluding carboxylic acids is 8. The Bertz CT molecular complexity index is 2830. The fraction of sp³-hybridized carbons (Fsp3) is 0.579. The lowest BCUT2D eigenvalue weighted by Gasteiger charge is -2.29. The zero-order valence-corrected chi connectivity index (χ0v) is 55.4. The Balaban J connectivity index is 0.640. The van der Waals surface area contributed by atoms with Crippen LogP contribution in [0.1, 0.15) is 241 Å². The molecule has 0 aliphatic heterocycles. The lowest BCUT2D eigenvalue weighted by Crippen LogP contribution is -2.29. The van der Waals surface area contributed by atoms with Gasteiger partial charge in [0, 0.05) is 32.6 Å². The molecule has 2 aliphatic rings. The van der Waals surface area contributed by atoms with E-state index in [2.05, 4.69) is 31.2 Å². The van der Waals surface area contributed by atoms with Gasteiger partial charge in [-0.2, -0.15) is 0 Å². The SMILES string of the molecule is CCCCCC1CCC(c2ccc(-c3ccc(OC(=O)C4CCC(C(=O)OCCCCCC(=O)OCCCCCC(=O)OCCCCCC(=O)OCCCCCC(=O)OCCCCCCOc5ccc(C(=O)Oc6ccc(OC(C)=O)cc6)cc5)CC4)cc3)cc2)CC1. The highest BCUT2D eigenvalue weighted by atomic mass is 16.6. The average molecular weight is 1290 g/mol. The number of ether oxygens (including phenoxy) is 9. The Kier molecular flexibility index (Phi) is 35.3. The lowest BCUT2D eigenvalue weighted by molar-refractivity contribution is -0.152. The van der Waals surface area contributed by atoms with Crippen molar-refractivity contribution in [3.8, 4) is 34.1 Å². The Morgan fingerprint density at radius 1 is 0.355 bits per heavy atom. The van der Waals surface area contributed by atoms with Gasteiger partial charge in [-0.05, 0) is 243 Å². The largest absolute Gasteiger partial charge is 0.494 e. The van der Waals surface area contributed by atoms with E-state index in [-0.39, 0.29) is 54.1 Å². The molecule has 2 saturated carbocycles. The van der Waals surface area contributed by atoms with Crippen LogP contribution in [0.4, 0.5) is 0 Å². The highest BCUT2D eigenvalue weighted by Crippen LogP contribution is 2.39. The van der Waals surface area contributed by atoms with Crippen LogP contribution in [0.2, 0.25) is 0 Å². The van der Waals surface area contributed by atoms with Gasteiger partial charge < -0.3 is 42.6 Å². The molecule has 508 valence electrons. The second kappa shape index (κ2) is 44.1. The van der Waals surface area contributed by atoms with Gasteiger partial charge in [-0.1, -0.05) is 69.0 Å². The molecule has 0 atom stereocenters. The van der Waals surface area contributed by atoms with E-state index in [1.807, 2.05) is 24.3 Å². The molecule has 0 heterocycles. The summed E-state index contributed by atoms with van der Waals surface area (Å²) in [5, 5.41) is 0. The third-order valence-electron chi connectivity index (χ3n) is 17.3. The molecule has 2 aliphatic carbocycles. The quantitative estimate of drug-likeness (QED) is 0.0174. The molecule has 6 rings (SSSR count). The Morgan fingerprint density at radius 2 is 0.742 bits per heavy atom. The van der Waals surface area contributed by atoms with Crippen molar-refractivity contribution in [3.05, 3.63) is 108 Å². The van der Waals surface area contributed by atoms with Gasteiger partial charge in [0.2, 0.25) is 0 Å². The van der Waals surface area contributed by atoms with E-state index in [9.17, 15) is 38.4 Å². The average Bonchev–Trinajstić information content (AvgIpc) is 1.01. The number of rotatable bonds is 44. The molecule has 4 aromatic carbocycles. The van der Waals surface area contributed by atoms with Crippen molar-refractivity contribution in [2.75, 3.05) is 39.6 Å². The first-order valence-corrected chi connectivity index (χ1v) is 34.8. The molecule has 0 bridgehead atoms. The standard InChI is InChI=1S/C76H102O17/c1-3-4-11-22-58-27-29-59(30-28-58)60-31-33-61(34-32-60)62-39-45-68(46-40-62)92-75(83)64-37-35-63(36-38-64)74(82)90-56-21-10-15-26-73(81)89-55-20-9-14-25-72(80)88-54-19-8-13-24-71(79)87-53-18-7-12-23-70(78)86-52-17-6-5-16-51-85-66-43-41-65(42-44-66)76(84)93-69-49-47-67(48-50-69)91-57(2)77/h31-34,39-50,58-59,63-64H,3-30,35-38,51-56H2,1-2H3.